The highest BCUT2D eigenvalue weighted by molar-refractivity contribution is 6.53. The third kappa shape index (κ3) is 5.60. The van der Waals surface area contributed by atoms with E-state index in [1.165, 1.54) is 25.3 Å². The molecule has 0 unspecified atom stereocenters. The van der Waals surface area contributed by atoms with Crippen molar-refractivity contribution in [3.05, 3.63) is 62.6 Å². The highest BCUT2D eigenvalue weighted by Gasteiger charge is 2.67. The van der Waals surface area contributed by atoms with Crippen LogP contribution in [0.1, 0.15) is 21.8 Å². The van der Waals surface area contributed by atoms with Crippen molar-refractivity contribution in [2.75, 3.05) is 19.0 Å². The van der Waals surface area contributed by atoms with Crippen molar-refractivity contribution in [1.82, 2.24) is 10.9 Å². The highest BCUT2D eigenvalue weighted by Crippen LogP contribution is 2.65. The number of benzene rings is 2. The molecule has 12 heteroatoms. The molecule has 0 radical (unpaired) electrons. The molecule has 0 bridgehead atoms. The predicted molar refractivity (Wildman–Crippen MR) is 125 cm³/mol. The van der Waals surface area contributed by atoms with Gasteiger partial charge in [-0.25, -0.2) is 0 Å². The second-order valence-corrected chi connectivity index (χ2v) is 9.68. The van der Waals surface area contributed by atoms with Gasteiger partial charge in [-0.1, -0.05) is 34.8 Å². The summed E-state index contributed by atoms with van der Waals surface area (Å²) in [7, 11) is 1.34. The molecule has 170 valence electrons. The van der Waals surface area contributed by atoms with Gasteiger partial charge in [0.25, 0.3) is 11.8 Å². The van der Waals surface area contributed by atoms with Gasteiger partial charge in [0.2, 0.25) is 5.91 Å². The van der Waals surface area contributed by atoms with Crippen molar-refractivity contribution in [2.45, 2.75) is 10.3 Å². The molecule has 0 aromatic heterocycles. The number of alkyl halides is 2. The normalized spacial score (nSPS) is 18.6. The maximum Gasteiger partial charge on any atom is 0.271 e. The van der Waals surface area contributed by atoms with Crippen molar-refractivity contribution in [3.63, 3.8) is 0 Å². The number of ether oxygens (including phenoxy) is 1. The number of methoxy groups -OCH3 is 1. The van der Waals surface area contributed by atoms with Crippen LogP contribution < -0.4 is 16.2 Å². The maximum absolute atomic E-state index is 12.8. The summed E-state index contributed by atoms with van der Waals surface area (Å²) in [6, 6.07) is 9.15. The van der Waals surface area contributed by atoms with E-state index in [1.807, 2.05) is 0 Å². The SMILES string of the molecule is COCC(=O)NNC(=O)c1cc(NC(=O)[C@H]2[C@H](c3cc(Cl)cc(Cl)c3)C2(Cl)Cl)ccc1Cl. The Bertz CT molecular complexity index is 1060. The van der Waals surface area contributed by atoms with Crippen LogP contribution in [0, 0.1) is 5.92 Å². The molecule has 1 aliphatic rings. The van der Waals surface area contributed by atoms with Crippen molar-refractivity contribution in [1.29, 1.82) is 0 Å². The van der Waals surface area contributed by atoms with Crippen LogP contribution in [0.5, 0.6) is 0 Å². The largest absolute Gasteiger partial charge is 0.375 e. The maximum atomic E-state index is 12.8. The second-order valence-electron chi connectivity index (χ2n) is 6.95. The van der Waals surface area contributed by atoms with E-state index in [-0.39, 0.29) is 22.9 Å². The molecule has 32 heavy (non-hydrogen) atoms. The van der Waals surface area contributed by atoms with Gasteiger partial charge in [-0.2, -0.15) is 0 Å². The quantitative estimate of drug-likeness (QED) is 0.370. The van der Waals surface area contributed by atoms with E-state index in [2.05, 4.69) is 20.9 Å². The summed E-state index contributed by atoms with van der Waals surface area (Å²) in [5.74, 6) is -2.99. The first-order chi connectivity index (χ1) is 15.0. The van der Waals surface area contributed by atoms with Gasteiger partial charge in [-0.05, 0) is 42.0 Å². The Morgan fingerprint density at radius 1 is 1.00 bits per heavy atom. The van der Waals surface area contributed by atoms with Gasteiger partial charge in [0, 0.05) is 28.8 Å². The lowest BCUT2D eigenvalue weighted by atomic mass is 10.1. The lowest BCUT2D eigenvalue weighted by molar-refractivity contribution is -0.125. The number of carbonyl (C=O) groups excluding carboxylic acids is 3. The molecule has 2 aromatic carbocycles. The average Bonchev–Trinajstić information content (AvgIpc) is 3.29. The summed E-state index contributed by atoms with van der Waals surface area (Å²) < 4.78 is 3.30. The third-order valence-electron chi connectivity index (χ3n) is 4.65. The fourth-order valence-electron chi connectivity index (χ4n) is 3.18. The molecule has 0 saturated heterocycles. The van der Waals surface area contributed by atoms with Crippen LogP contribution in [0.15, 0.2) is 36.4 Å². The van der Waals surface area contributed by atoms with Gasteiger partial charge < -0.3 is 10.1 Å². The number of carbonyl (C=O) groups is 3. The smallest absolute Gasteiger partial charge is 0.271 e. The molecule has 0 spiro atoms. The third-order valence-corrected chi connectivity index (χ3v) is 6.36. The lowest BCUT2D eigenvalue weighted by Crippen LogP contribution is -2.43. The average molecular weight is 540 g/mol. The molecule has 1 fully saturated rings. The molecule has 1 saturated carbocycles. The standard InChI is InChI=1S/C20H16Cl5N3O4/c1-32-8-15(29)27-28-18(30)13-7-12(2-3-14(13)23)26-19(31)17-16(20(17,24)25)9-4-10(21)6-11(22)5-9/h2-7,16-17H,8H2,1H3,(H,26,31)(H,27,29)(H,28,30)/t16-,17+/m0/s1. The first kappa shape index (κ1) is 24.9. The van der Waals surface area contributed by atoms with Gasteiger partial charge in [0.1, 0.15) is 10.9 Å². The molecule has 2 aromatic rings. The number of nitrogens with one attached hydrogen (secondary N) is 3. The Balaban J connectivity index is 1.72. The monoisotopic (exact) mass is 537 g/mol. The first-order valence-electron chi connectivity index (χ1n) is 9.07. The van der Waals surface area contributed by atoms with Gasteiger partial charge >= 0.3 is 0 Å². The highest BCUT2D eigenvalue weighted by atomic mass is 35.5. The Kier molecular flexibility index (Phi) is 7.81. The zero-order chi connectivity index (χ0) is 23.6. The zero-order valence-corrected chi connectivity index (χ0v) is 20.1. The number of rotatable bonds is 6. The number of amides is 3. The van der Waals surface area contributed by atoms with Gasteiger partial charge in [-0.3, -0.25) is 25.2 Å². The minimum Gasteiger partial charge on any atom is -0.375 e. The molecular formula is C20H16Cl5N3O4. The van der Waals surface area contributed by atoms with Crippen molar-refractivity contribution >= 4 is 81.4 Å². The summed E-state index contributed by atoms with van der Waals surface area (Å²) >= 11 is 30.9. The van der Waals surface area contributed by atoms with Crippen LogP contribution in [-0.4, -0.2) is 35.8 Å². The van der Waals surface area contributed by atoms with Crippen LogP contribution in [-0.2, 0) is 14.3 Å². The molecular weight excluding hydrogens is 524 g/mol. The Hall–Kier alpha value is -1.74. The fourth-order valence-corrected chi connectivity index (χ4v) is 4.75. The van der Waals surface area contributed by atoms with Crippen molar-refractivity contribution < 1.29 is 19.1 Å². The Labute approximate surface area is 208 Å². The second kappa shape index (κ2) is 10.0. The van der Waals surface area contributed by atoms with E-state index in [0.29, 0.717) is 15.6 Å². The summed E-state index contributed by atoms with van der Waals surface area (Å²) in [5, 5.41) is 3.58. The van der Waals surface area contributed by atoms with E-state index in [9.17, 15) is 14.4 Å². The van der Waals surface area contributed by atoms with E-state index < -0.39 is 33.9 Å². The van der Waals surface area contributed by atoms with Crippen molar-refractivity contribution in [3.8, 4) is 0 Å². The minimum absolute atomic E-state index is 0.0270. The molecule has 0 aliphatic heterocycles. The summed E-state index contributed by atoms with van der Waals surface area (Å²) in [5.41, 5.74) is 5.33. The number of hydrogen-bond donors (Lipinski definition) is 3. The number of anilines is 1. The number of hydrazine groups is 1. The first-order valence-corrected chi connectivity index (χ1v) is 11.0. The summed E-state index contributed by atoms with van der Waals surface area (Å²) in [6.07, 6.45) is 0. The lowest BCUT2D eigenvalue weighted by Gasteiger charge is -2.11. The molecule has 3 amide bonds. The van der Waals surface area contributed by atoms with Crippen LogP contribution in [0.4, 0.5) is 5.69 Å². The van der Waals surface area contributed by atoms with Crippen LogP contribution in [0.3, 0.4) is 0 Å². The van der Waals surface area contributed by atoms with E-state index in [0.717, 1.165) is 0 Å². The summed E-state index contributed by atoms with van der Waals surface area (Å²) in [4.78, 5) is 36.6. The molecule has 1 aliphatic carbocycles. The van der Waals surface area contributed by atoms with Crippen LogP contribution >= 0.6 is 58.0 Å². The van der Waals surface area contributed by atoms with Gasteiger partial charge in [-0.15, -0.1) is 23.2 Å². The zero-order valence-electron chi connectivity index (χ0n) is 16.3. The molecule has 3 rings (SSSR count). The minimum atomic E-state index is -1.35. The fraction of sp³-hybridized carbons (Fsp3) is 0.250. The molecule has 2 atom stereocenters. The predicted octanol–water partition coefficient (Wildman–Crippen LogP) is 4.58. The van der Waals surface area contributed by atoms with Crippen LogP contribution in [0.25, 0.3) is 0 Å². The van der Waals surface area contributed by atoms with E-state index >= 15 is 0 Å². The topological polar surface area (TPSA) is 96.5 Å². The Morgan fingerprint density at radius 3 is 2.28 bits per heavy atom. The molecule has 0 heterocycles. The molecule has 7 nitrogen and oxygen atoms in total. The van der Waals surface area contributed by atoms with Crippen molar-refractivity contribution in [2.24, 2.45) is 5.92 Å². The number of halogens is 5. The number of hydrogen-bond acceptors (Lipinski definition) is 4. The Morgan fingerprint density at radius 2 is 1.66 bits per heavy atom. The summed E-state index contributed by atoms with van der Waals surface area (Å²) in [6.45, 7) is -0.233. The molecule has 3 N–H and O–H groups in total. The van der Waals surface area contributed by atoms with Crippen LogP contribution in [0.2, 0.25) is 15.1 Å². The van der Waals surface area contributed by atoms with E-state index in [1.54, 1.807) is 18.2 Å². The van der Waals surface area contributed by atoms with Gasteiger partial charge in [0.15, 0.2) is 0 Å². The van der Waals surface area contributed by atoms with Gasteiger partial charge in [0.05, 0.1) is 16.5 Å². The van der Waals surface area contributed by atoms with E-state index in [4.69, 9.17) is 58.0 Å².